The van der Waals surface area contributed by atoms with Crippen LogP contribution in [0.3, 0.4) is 0 Å². The van der Waals surface area contributed by atoms with E-state index in [0.29, 0.717) is 16.8 Å². The molecule has 2 heterocycles. The van der Waals surface area contributed by atoms with Crippen molar-refractivity contribution in [1.82, 2.24) is 4.90 Å². The summed E-state index contributed by atoms with van der Waals surface area (Å²) in [5, 5.41) is 4.19. The maximum absolute atomic E-state index is 12.2. The third-order valence-electron chi connectivity index (χ3n) is 3.80. The number of carbonyl (C=O) groups is 1. The Hall–Kier alpha value is -1.46. The maximum atomic E-state index is 12.2. The third kappa shape index (κ3) is 3.47. The minimum atomic E-state index is -0.0299. The second kappa shape index (κ2) is 6.75. The van der Waals surface area contributed by atoms with Crippen LogP contribution in [-0.4, -0.2) is 29.9 Å². The standard InChI is InChI=1S/C16H16BrClN2O2/c17-13-10-12(3-4-14(13)18)19-11-5-7-20(8-6-11)16(21)15-2-1-9-22-15/h1-4,9-11,19H,5-8H2. The highest BCUT2D eigenvalue weighted by Gasteiger charge is 2.24. The smallest absolute Gasteiger partial charge is 0.289 e. The Balaban J connectivity index is 1.55. The number of hydrogen-bond acceptors (Lipinski definition) is 3. The Bertz CT molecular complexity index is 652. The molecule has 1 aliphatic heterocycles. The van der Waals surface area contributed by atoms with Crippen molar-refractivity contribution in [2.45, 2.75) is 18.9 Å². The van der Waals surface area contributed by atoms with Crippen molar-refractivity contribution in [3.05, 3.63) is 51.9 Å². The number of carbonyl (C=O) groups excluding carboxylic acids is 1. The Labute approximate surface area is 142 Å². The molecule has 22 heavy (non-hydrogen) atoms. The molecule has 0 radical (unpaired) electrons. The van der Waals surface area contributed by atoms with Gasteiger partial charge in [0.2, 0.25) is 0 Å². The van der Waals surface area contributed by atoms with Crippen LogP contribution in [0, 0.1) is 0 Å². The van der Waals surface area contributed by atoms with Crippen LogP contribution in [0.1, 0.15) is 23.4 Å². The number of hydrogen-bond donors (Lipinski definition) is 1. The van der Waals surface area contributed by atoms with Crippen molar-refractivity contribution in [2.75, 3.05) is 18.4 Å². The van der Waals surface area contributed by atoms with Gasteiger partial charge in [-0.05, 0) is 59.1 Å². The average Bonchev–Trinajstić information content (AvgIpc) is 3.05. The van der Waals surface area contributed by atoms with Crippen molar-refractivity contribution in [2.24, 2.45) is 0 Å². The highest BCUT2D eigenvalue weighted by atomic mass is 79.9. The van der Waals surface area contributed by atoms with Gasteiger partial charge in [-0.3, -0.25) is 4.79 Å². The maximum Gasteiger partial charge on any atom is 0.289 e. The molecule has 2 aromatic rings. The molecule has 0 bridgehead atoms. The monoisotopic (exact) mass is 382 g/mol. The molecule has 1 aromatic heterocycles. The number of rotatable bonds is 3. The number of amides is 1. The number of nitrogens with zero attached hydrogens (tertiary/aromatic N) is 1. The van der Waals surface area contributed by atoms with E-state index >= 15 is 0 Å². The highest BCUT2D eigenvalue weighted by molar-refractivity contribution is 9.10. The predicted octanol–water partition coefficient (Wildman–Crippen LogP) is 4.41. The summed E-state index contributed by atoms with van der Waals surface area (Å²) < 4.78 is 6.05. The normalized spacial score (nSPS) is 15.8. The molecule has 1 fully saturated rings. The first-order chi connectivity index (χ1) is 10.6. The number of anilines is 1. The van der Waals surface area contributed by atoms with Crippen LogP contribution < -0.4 is 5.32 Å². The van der Waals surface area contributed by atoms with Crippen LogP contribution in [-0.2, 0) is 0 Å². The number of benzene rings is 1. The molecule has 1 N–H and O–H groups in total. The first kappa shape index (κ1) is 15.4. The van der Waals surface area contributed by atoms with Crippen LogP contribution in [0.5, 0.6) is 0 Å². The van der Waals surface area contributed by atoms with Crippen LogP contribution in [0.2, 0.25) is 5.02 Å². The molecule has 0 aliphatic carbocycles. The number of likely N-dealkylation sites (tertiary alicyclic amines) is 1. The van der Waals surface area contributed by atoms with Gasteiger partial charge in [0.25, 0.3) is 5.91 Å². The van der Waals surface area contributed by atoms with E-state index in [0.717, 1.165) is 36.1 Å². The van der Waals surface area contributed by atoms with Gasteiger partial charge in [0, 0.05) is 29.3 Å². The fraction of sp³-hybridized carbons (Fsp3) is 0.312. The van der Waals surface area contributed by atoms with Gasteiger partial charge in [-0.25, -0.2) is 0 Å². The summed E-state index contributed by atoms with van der Waals surface area (Å²) in [6.07, 6.45) is 3.35. The summed E-state index contributed by atoms with van der Waals surface area (Å²) in [6, 6.07) is 9.60. The lowest BCUT2D eigenvalue weighted by atomic mass is 10.0. The van der Waals surface area contributed by atoms with Crippen molar-refractivity contribution < 1.29 is 9.21 Å². The molecule has 1 aliphatic rings. The van der Waals surface area contributed by atoms with Crippen LogP contribution >= 0.6 is 27.5 Å². The second-order valence-electron chi connectivity index (χ2n) is 5.32. The zero-order chi connectivity index (χ0) is 15.5. The van der Waals surface area contributed by atoms with Gasteiger partial charge in [0.1, 0.15) is 0 Å². The fourth-order valence-corrected chi connectivity index (χ4v) is 3.10. The van der Waals surface area contributed by atoms with E-state index in [9.17, 15) is 4.79 Å². The molecule has 1 amide bonds. The van der Waals surface area contributed by atoms with Crippen LogP contribution in [0.25, 0.3) is 0 Å². The molecule has 116 valence electrons. The minimum Gasteiger partial charge on any atom is -0.459 e. The third-order valence-corrected chi connectivity index (χ3v) is 5.02. The van der Waals surface area contributed by atoms with E-state index in [-0.39, 0.29) is 5.91 Å². The summed E-state index contributed by atoms with van der Waals surface area (Å²) in [5.41, 5.74) is 1.03. The zero-order valence-corrected chi connectivity index (χ0v) is 14.2. The summed E-state index contributed by atoms with van der Waals surface area (Å²) in [4.78, 5) is 14.0. The second-order valence-corrected chi connectivity index (χ2v) is 6.58. The molecular weight excluding hydrogens is 368 g/mol. The largest absolute Gasteiger partial charge is 0.459 e. The van der Waals surface area contributed by atoms with E-state index in [1.807, 2.05) is 23.1 Å². The highest BCUT2D eigenvalue weighted by Crippen LogP contribution is 2.27. The minimum absolute atomic E-state index is 0.0299. The zero-order valence-electron chi connectivity index (χ0n) is 11.9. The molecule has 3 rings (SSSR count). The first-order valence-corrected chi connectivity index (χ1v) is 8.35. The Kier molecular flexibility index (Phi) is 4.74. The molecule has 0 saturated carbocycles. The van der Waals surface area contributed by atoms with Gasteiger partial charge in [-0.15, -0.1) is 0 Å². The summed E-state index contributed by atoms with van der Waals surface area (Å²) >= 11 is 9.42. The van der Waals surface area contributed by atoms with Gasteiger partial charge in [0.15, 0.2) is 5.76 Å². The molecule has 0 spiro atoms. The Morgan fingerprint density at radius 3 is 2.73 bits per heavy atom. The van der Waals surface area contributed by atoms with Gasteiger partial charge in [-0.1, -0.05) is 11.6 Å². The lowest BCUT2D eigenvalue weighted by Gasteiger charge is -2.32. The summed E-state index contributed by atoms with van der Waals surface area (Å²) in [7, 11) is 0. The SMILES string of the molecule is O=C(c1ccco1)N1CCC(Nc2ccc(Cl)c(Br)c2)CC1. The lowest BCUT2D eigenvalue weighted by Crippen LogP contribution is -2.42. The van der Waals surface area contributed by atoms with E-state index in [1.54, 1.807) is 12.1 Å². The molecular formula is C16H16BrClN2O2. The lowest BCUT2D eigenvalue weighted by molar-refractivity contribution is 0.0686. The van der Waals surface area contributed by atoms with Gasteiger partial charge in [-0.2, -0.15) is 0 Å². The fourth-order valence-electron chi connectivity index (χ4n) is 2.60. The quantitative estimate of drug-likeness (QED) is 0.854. The van der Waals surface area contributed by atoms with Crippen molar-refractivity contribution in [3.63, 3.8) is 0 Å². The van der Waals surface area contributed by atoms with E-state index < -0.39 is 0 Å². The van der Waals surface area contributed by atoms with Gasteiger partial charge >= 0.3 is 0 Å². The van der Waals surface area contributed by atoms with Crippen molar-refractivity contribution >= 4 is 39.1 Å². The number of nitrogens with one attached hydrogen (secondary N) is 1. The number of piperidine rings is 1. The van der Waals surface area contributed by atoms with E-state index in [4.69, 9.17) is 16.0 Å². The molecule has 0 atom stereocenters. The molecule has 6 heteroatoms. The van der Waals surface area contributed by atoms with Crippen molar-refractivity contribution in [3.8, 4) is 0 Å². The van der Waals surface area contributed by atoms with Gasteiger partial charge in [0.05, 0.1) is 11.3 Å². The molecule has 1 saturated heterocycles. The van der Waals surface area contributed by atoms with E-state index in [1.165, 1.54) is 6.26 Å². The summed E-state index contributed by atoms with van der Waals surface area (Å²) in [6.45, 7) is 1.46. The van der Waals surface area contributed by atoms with Gasteiger partial charge < -0.3 is 14.6 Å². The Morgan fingerprint density at radius 1 is 1.32 bits per heavy atom. The predicted molar refractivity (Wildman–Crippen MR) is 90.4 cm³/mol. The van der Waals surface area contributed by atoms with E-state index in [2.05, 4.69) is 21.2 Å². The molecule has 0 unspecified atom stereocenters. The van der Waals surface area contributed by atoms with Crippen molar-refractivity contribution in [1.29, 1.82) is 0 Å². The Morgan fingerprint density at radius 2 is 2.09 bits per heavy atom. The average molecular weight is 384 g/mol. The molecule has 4 nitrogen and oxygen atoms in total. The number of halogens is 2. The van der Waals surface area contributed by atoms with Crippen LogP contribution in [0.4, 0.5) is 5.69 Å². The van der Waals surface area contributed by atoms with Crippen LogP contribution in [0.15, 0.2) is 45.5 Å². The topological polar surface area (TPSA) is 45.5 Å². The molecule has 1 aromatic carbocycles. The summed E-state index contributed by atoms with van der Waals surface area (Å²) in [5.74, 6) is 0.380. The number of furan rings is 1. The first-order valence-electron chi connectivity index (χ1n) is 7.18.